The summed E-state index contributed by atoms with van der Waals surface area (Å²) in [5.41, 5.74) is 1.14. The van der Waals surface area contributed by atoms with E-state index in [2.05, 4.69) is 6.58 Å². The summed E-state index contributed by atoms with van der Waals surface area (Å²) in [5.74, 6) is 0. The molecule has 0 radical (unpaired) electrons. The minimum Gasteiger partial charge on any atom is -0.314 e. The summed E-state index contributed by atoms with van der Waals surface area (Å²) in [6.45, 7) is 7.18. The van der Waals surface area contributed by atoms with Gasteiger partial charge in [-0.2, -0.15) is 0 Å². The van der Waals surface area contributed by atoms with Gasteiger partial charge in [0.05, 0.1) is 0 Å². The smallest absolute Gasteiger partial charge is 0.248 e. The minimum atomic E-state index is -2.62. The lowest BCUT2D eigenvalue weighted by atomic mass is 10.2. The molecule has 1 rings (SSSR count). The zero-order valence-electron chi connectivity index (χ0n) is 9.99. The van der Waals surface area contributed by atoms with Crippen molar-refractivity contribution in [2.45, 2.75) is 25.1 Å². The van der Waals surface area contributed by atoms with Gasteiger partial charge in [0.1, 0.15) is 0 Å². The molecule has 0 aliphatic rings. The third kappa shape index (κ3) is 4.15. The second-order valence-electron chi connectivity index (χ2n) is 4.47. The van der Waals surface area contributed by atoms with E-state index in [0.717, 1.165) is 12.0 Å². The summed E-state index contributed by atoms with van der Waals surface area (Å²) in [7, 11) is -2.62. The van der Waals surface area contributed by atoms with Crippen LogP contribution >= 0.6 is 0 Å². The average molecular weight is 234 g/mol. The maximum Gasteiger partial charge on any atom is 0.248 e. The second-order valence-corrected chi connectivity index (χ2v) is 8.34. The van der Waals surface area contributed by atoms with E-state index in [-0.39, 0.29) is 5.54 Å². The molecule has 0 N–H and O–H groups in total. The molecule has 1 aromatic carbocycles. The molecule has 0 amide bonds. The molecule has 0 fully saturated rings. The van der Waals surface area contributed by atoms with Crippen LogP contribution < -0.4 is 0 Å². The van der Waals surface area contributed by atoms with Crippen molar-refractivity contribution in [3.63, 3.8) is 0 Å². The lowest BCUT2D eigenvalue weighted by molar-refractivity contribution is 0.749. The van der Waals surface area contributed by atoms with Gasteiger partial charge >= 0.3 is 0 Å². The molecule has 86 valence electrons. The van der Waals surface area contributed by atoms with Crippen molar-refractivity contribution >= 4 is 14.5 Å². The first-order valence-electron chi connectivity index (χ1n) is 5.57. The third-order valence-corrected chi connectivity index (χ3v) is 4.81. The summed E-state index contributed by atoms with van der Waals surface area (Å²) in [4.78, 5) is 0. The molecule has 0 spiro atoms. The van der Waals surface area contributed by atoms with Crippen molar-refractivity contribution in [3.05, 3.63) is 54.6 Å². The van der Waals surface area contributed by atoms with E-state index in [0.29, 0.717) is 0 Å². The Kier molecular flexibility index (Phi) is 4.68. The molecule has 1 aromatic rings. The normalized spacial score (nSPS) is 13.9. The SMILES string of the molecule is C=CCC(/C=C/c1ccccc1)[Si](C)(C)F. The zero-order chi connectivity index (χ0) is 12.0. The van der Waals surface area contributed by atoms with Gasteiger partial charge in [0.25, 0.3) is 0 Å². The Morgan fingerprint density at radius 2 is 1.94 bits per heavy atom. The molecule has 1 unspecified atom stereocenters. The Balaban J connectivity index is 2.76. The van der Waals surface area contributed by atoms with Crippen LogP contribution in [-0.2, 0) is 0 Å². The lowest BCUT2D eigenvalue weighted by Gasteiger charge is -2.19. The maximum absolute atomic E-state index is 14.0. The fraction of sp³-hybridized carbons (Fsp3) is 0.286. The number of halogens is 1. The van der Waals surface area contributed by atoms with Crippen LogP contribution in [0.3, 0.4) is 0 Å². The van der Waals surface area contributed by atoms with Gasteiger partial charge in [-0.15, -0.1) is 6.58 Å². The van der Waals surface area contributed by atoms with Crippen LogP contribution in [0.1, 0.15) is 12.0 Å². The molecule has 0 aliphatic heterocycles. The van der Waals surface area contributed by atoms with Crippen molar-refractivity contribution in [1.29, 1.82) is 0 Å². The van der Waals surface area contributed by atoms with Crippen molar-refractivity contribution in [2.24, 2.45) is 0 Å². The van der Waals surface area contributed by atoms with Crippen LogP contribution in [0.5, 0.6) is 0 Å². The topological polar surface area (TPSA) is 0 Å². The minimum absolute atomic E-state index is 0.0187. The molecule has 16 heavy (non-hydrogen) atoms. The van der Waals surface area contributed by atoms with Crippen molar-refractivity contribution in [2.75, 3.05) is 0 Å². The predicted octanol–water partition coefficient (Wildman–Crippen LogP) is 4.82. The first-order chi connectivity index (χ1) is 7.54. The van der Waals surface area contributed by atoms with E-state index in [1.165, 1.54) is 0 Å². The van der Waals surface area contributed by atoms with Crippen LogP contribution in [0.2, 0.25) is 18.6 Å². The summed E-state index contributed by atoms with van der Waals surface area (Å²) < 4.78 is 14.0. The highest BCUT2D eigenvalue weighted by molar-refractivity contribution is 6.72. The molecule has 2 heteroatoms. The van der Waals surface area contributed by atoms with Crippen LogP contribution in [0.15, 0.2) is 49.1 Å². The van der Waals surface area contributed by atoms with Crippen LogP contribution in [0.4, 0.5) is 4.11 Å². The van der Waals surface area contributed by atoms with Gasteiger partial charge in [-0.1, -0.05) is 48.6 Å². The first kappa shape index (κ1) is 12.9. The lowest BCUT2D eigenvalue weighted by Crippen LogP contribution is -2.24. The predicted molar refractivity (Wildman–Crippen MR) is 72.6 cm³/mol. The van der Waals surface area contributed by atoms with Gasteiger partial charge in [0.15, 0.2) is 0 Å². The summed E-state index contributed by atoms with van der Waals surface area (Å²) in [6, 6.07) is 10.00. The van der Waals surface area contributed by atoms with E-state index in [1.54, 1.807) is 19.2 Å². The van der Waals surface area contributed by atoms with Crippen molar-refractivity contribution in [3.8, 4) is 0 Å². The van der Waals surface area contributed by atoms with Crippen LogP contribution in [0.25, 0.3) is 6.08 Å². The Hall–Kier alpha value is -1.15. The number of hydrogen-bond donors (Lipinski definition) is 0. The highest BCUT2D eigenvalue weighted by Crippen LogP contribution is 2.29. The fourth-order valence-corrected chi connectivity index (χ4v) is 2.84. The molecular formula is C14H19FSi. The molecule has 1 atom stereocenters. The maximum atomic E-state index is 14.0. The van der Waals surface area contributed by atoms with E-state index < -0.39 is 8.41 Å². The largest absolute Gasteiger partial charge is 0.314 e. The highest BCUT2D eigenvalue weighted by Gasteiger charge is 2.29. The molecule has 0 saturated carbocycles. The standard InChI is InChI=1S/C14H19FSi/c1-4-8-14(16(2,3)15)12-11-13-9-6-5-7-10-13/h4-7,9-12,14H,1,8H2,2-3H3/b12-11+. The summed E-state index contributed by atoms with van der Waals surface area (Å²) >= 11 is 0. The molecule has 0 saturated heterocycles. The van der Waals surface area contributed by atoms with Crippen LogP contribution in [0, 0.1) is 0 Å². The summed E-state index contributed by atoms with van der Waals surface area (Å²) in [5, 5.41) is 0. The quantitative estimate of drug-likeness (QED) is 0.389. The first-order valence-corrected chi connectivity index (χ1v) is 8.52. The molecule has 0 nitrogen and oxygen atoms in total. The Morgan fingerprint density at radius 3 is 2.44 bits per heavy atom. The van der Waals surface area contributed by atoms with Gasteiger partial charge in [-0.05, 0) is 25.1 Å². The third-order valence-electron chi connectivity index (χ3n) is 2.62. The number of allylic oxidation sites excluding steroid dienone is 2. The highest BCUT2D eigenvalue weighted by atomic mass is 28.4. The van der Waals surface area contributed by atoms with Crippen molar-refractivity contribution in [1.82, 2.24) is 0 Å². The Labute approximate surface area is 98.7 Å². The number of benzene rings is 1. The van der Waals surface area contributed by atoms with Crippen LogP contribution in [-0.4, -0.2) is 8.41 Å². The van der Waals surface area contributed by atoms with E-state index >= 15 is 0 Å². The molecule has 0 heterocycles. The Bertz CT molecular complexity index is 349. The zero-order valence-corrected chi connectivity index (χ0v) is 11.0. The van der Waals surface area contributed by atoms with E-state index in [4.69, 9.17) is 0 Å². The van der Waals surface area contributed by atoms with E-state index in [9.17, 15) is 4.11 Å². The van der Waals surface area contributed by atoms with Gasteiger partial charge in [0.2, 0.25) is 8.41 Å². The fourth-order valence-electron chi connectivity index (χ4n) is 1.56. The molecule has 0 aromatic heterocycles. The van der Waals surface area contributed by atoms with Gasteiger partial charge in [-0.3, -0.25) is 0 Å². The number of hydrogen-bond acceptors (Lipinski definition) is 0. The summed E-state index contributed by atoms with van der Waals surface area (Å²) in [6.07, 6.45) is 6.51. The second kappa shape index (κ2) is 5.80. The molecular weight excluding hydrogens is 215 g/mol. The number of rotatable bonds is 5. The van der Waals surface area contributed by atoms with Gasteiger partial charge < -0.3 is 4.11 Å². The van der Waals surface area contributed by atoms with E-state index in [1.807, 2.05) is 42.5 Å². The molecule has 0 bridgehead atoms. The van der Waals surface area contributed by atoms with Crippen molar-refractivity contribution < 1.29 is 4.11 Å². The Morgan fingerprint density at radius 1 is 1.31 bits per heavy atom. The van der Waals surface area contributed by atoms with Gasteiger partial charge in [-0.25, -0.2) is 0 Å². The van der Waals surface area contributed by atoms with Gasteiger partial charge in [0, 0.05) is 5.54 Å². The monoisotopic (exact) mass is 234 g/mol. The molecule has 0 aliphatic carbocycles. The average Bonchev–Trinajstić information content (AvgIpc) is 2.24.